The van der Waals surface area contributed by atoms with E-state index in [0.717, 1.165) is 5.69 Å². The molecule has 0 N–H and O–H groups in total. The zero-order valence-electron chi connectivity index (χ0n) is 8.36. The molecule has 1 heterocycles. The van der Waals surface area contributed by atoms with Crippen molar-refractivity contribution < 1.29 is 9.47 Å². The second-order valence-corrected chi connectivity index (χ2v) is 2.68. The van der Waals surface area contributed by atoms with Crippen molar-refractivity contribution in [1.29, 1.82) is 0 Å². The second kappa shape index (κ2) is 4.99. The van der Waals surface area contributed by atoms with Crippen molar-refractivity contribution in [2.24, 2.45) is 0 Å². The van der Waals surface area contributed by atoms with Crippen molar-refractivity contribution in [3.8, 4) is 0 Å². The van der Waals surface area contributed by atoms with Gasteiger partial charge in [0.1, 0.15) is 0 Å². The number of imidazole rings is 1. The Labute approximate surface area is 78.5 Å². The van der Waals surface area contributed by atoms with Crippen LogP contribution in [0.2, 0.25) is 0 Å². The van der Waals surface area contributed by atoms with E-state index in [-0.39, 0.29) is 6.41 Å². The number of nitrogens with zero attached hydrogens (tertiary/aromatic N) is 2. The second-order valence-electron chi connectivity index (χ2n) is 2.68. The molecule has 0 aliphatic rings. The van der Waals surface area contributed by atoms with Crippen LogP contribution < -0.4 is 0 Å². The van der Waals surface area contributed by atoms with E-state index in [4.69, 9.17) is 9.47 Å². The summed E-state index contributed by atoms with van der Waals surface area (Å²) < 4.78 is 12.6. The first-order valence-corrected chi connectivity index (χ1v) is 4.51. The molecule has 13 heavy (non-hydrogen) atoms. The summed E-state index contributed by atoms with van der Waals surface area (Å²) in [7, 11) is 0. The first-order chi connectivity index (χ1) is 6.27. The maximum atomic E-state index is 5.38. The Morgan fingerprint density at radius 2 is 2.00 bits per heavy atom. The maximum Gasteiger partial charge on any atom is 0.245 e. The summed E-state index contributed by atoms with van der Waals surface area (Å²) in [6.45, 7) is 7.07. The van der Waals surface area contributed by atoms with Crippen LogP contribution in [0.3, 0.4) is 0 Å². The van der Waals surface area contributed by atoms with Gasteiger partial charge >= 0.3 is 0 Å². The zero-order valence-corrected chi connectivity index (χ0v) is 8.36. The monoisotopic (exact) mass is 184 g/mol. The average Bonchev–Trinajstić information content (AvgIpc) is 2.51. The number of aromatic nitrogens is 2. The highest BCUT2D eigenvalue weighted by atomic mass is 16.7. The van der Waals surface area contributed by atoms with Gasteiger partial charge in [-0.2, -0.15) is 0 Å². The molecule has 4 heteroatoms. The molecular formula is C9H16N2O2. The number of rotatable bonds is 5. The van der Waals surface area contributed by atoms with Gasteiger partial charge in [-0.05, 0) is 20.8 Å². The predicted octanol–water partition coefficient (Wildman–Crippen LogP) is 1.72. The van der Waals surface area contributed by atoms with Gasteiger partial charge in [-0.15, -0.1) is 0 Å². The van der Waals surface area contributed by atoms with Crippen molar-refractivity contribution in [1.82, 2.24) is 9.55 Å². The number of hydrogen-bond donors (Lipinski definition) is 0. The van der Waals surface area contributed by atoms with Gasteiger partial charge in [0.05, 0.1) is 12.0 Å². The lowest BCUT2D eigenvalue weighted by Crippen LogP contribution is -2.15. The quantitative estimate of drug-likeness (QED) is 0.654. The molecule has 0 amide bonds. The van der Waals surface area contributed by atoms with Crippen LogP contribution in [0.25, 0.3) is 0 Å². The molecule has 0 saturated carbocycles. The molecule has 0 saturated heterocycles. The largest absolute Gasteiger partial charge is 0.335 e. The Morgan fingerprint density at radius 1 is 1.38 bits per heavy atom. The lowest BCUT2D eigenvalue weighted by Gasteiger charge is -2.17. The predicted molar refractivity (Wildman–Crippen MR) is 49.3 cm³/mol. The number of ether oxygens (including phenoxy) is 2. The van der Waals surface area contributed by atoms with Gasteiger partial charge in [-0.25, -0.2) is 4.98 Å². The highest BCUT2D eigenvalue weighted by molar-refractivity contribution is 4.92. The van der Waals surface area contributed by atoms with E-state index in [1.807, 2.05) is 31.5 Å². The van der Waals surface area contributed by atoms with E-state index in [1.165, 1.54) is 0 Å². The van der Waals surface area contributed by atoms with E-state index >= 15 is 0 Å². The Balaban J connectivity index is 2.63. The van der Waals surface area contributed by atoms with Crippen molar-refractivity contribution >= 4 is 0 Å². The highest BCUT2D eigenvalue weighted by Crippen LogP contribution is 2.10. The van der Waals surface area contributed by atoms with Crippen LogP contribution in [0, 0.1) is 6.92 Å². The Hall–Kier alpha value is -0.870. The van der Waals surface area contributed by atoms with Gasteiger partial charge in [0.25, 0.3) is 0 Å². The van der Waals surface area contributed by atoms with E-state index in [2.05, 4.69) is 4.98 Å². The summed E-state index contributed by atoms with van der Waals surface area (Å²) in [6.07, 6.45) is 3.28. The molecule has 0 unspecified atom stereocenters. The van der Waals surface area contributed by atoms with Crippen LogP contribution in [0.1, 0.15) is 26.0 Å². The van der Waals surface area contributed by atoms with Crippen molar-refractivity contribution in [3.63, 3.8) is 0 Å². The molecule has 0 aliphatic heterocycles. The molecule has 0 atom stereocenters. The molecule has 1 aromatic rings. The normalized spacial score (nSPS) is 11.1. The van der Waals surface area contributed by atoms with Crippen LogP contribution in [-0.4, -0.2) is 22.8 Å². The molecule has 4 nitrogen and oxygen atoms in total. The maximum absolute atomic E-state index is 5.38. The zero-order chi connectivity index (χ0) is 9.68. The van der Waals surface area contributed by atoms with Gasteiger partial charge in [-0.1, -0.05) is 0 Å². The highest BCUT2D eigenvalue weighted by Gasteiger charge is 2.09. The molecule has 0 spiro atoms. The van der Waals surface area contributed by atoms with E-state index < -0.39 is 0 Å². The first kappa shape index (κ1) is 10.2. The first-order valence-electron chi connectivity index (χ1n) is 4.51. The number of hydrogen-bond acceptors (Lipinski definition) is 3. The van der Waals surface area contributed by atoms with Crippen molar-refractivity contribution in [3.05, 3.63) is 18.2 Å². The lowest BCUT2D eigenvalue weighted by molar-refractivity contribution is -0.186. The molecule has 0 bridgehead atoms. The van der Waals surface area contributed by atoms with Crippen LogP contribution in [0.4, 0.5) is 0 Å². The van der Waals surface area contributed by atoms with E-state index in [9.17, 15) is 0 Å². The third-order valence-electron chi connectivity index (χ3n) is 1.59. The topological polar surface area (TPSA) is 36.3 Å². The van der Waals surface area contributed by atoms with Crippen molar-refractivity contribution in [2.75, 3.05) is 13.2 Å². The van der Waals surface area contributed by atoms with E-state index in [1.54, 1.807) is 6.33 Å². The fourth-order valence-corrected chi connectivity index (χ4v) is 1.06. The van der Waals surface area contributed by atoms with Gasteiger partial charge in [0.15, 0.2) is 0 Å². The third kappa shape index (κ3) is 2.82. The number of aryl methyl sites for hydroxylation is 1. The molecule has 0 radical (unpaired) electrons. The Bertz CT molecular complexity index is 242. The minimum absolute atomic E-state index is 0.337. The molecule has 0 aliphatic carbocycles. The average molecular weight is 184 g/mol. The smallest absolute Gasteiger partial charge is 0.245 e. The van der Waals surface area contributed by atoms with Gasteiger partial charge in [0.2, 0.25) is 6.41 Å². The molecule has 0 aromatic carbocycles. The van der Waals surface area contributed by atoms with Crippen LogP contribution in [-0.2, 0) is 9.47 Å². The summed E-state index contributed by atoms with van der Waals surface area (Å²) in [4.78, 5) is 4.10. The summed E-state index contributed by atoms with van der Waals surface area (Å²) in [5.74, 6) is 0. The summed E-state index contributed by atoms with van der Waals surface area (Å²) in [5, 5.41) is 0. The summed E-state index contributed by atoms with van der Waals surface area (Å²) in [6, 6.07) is 0. The standard InChI is InChI=1S/C9H16N2O2/c1-4-12-9(13-5-2)11-6-8(3)10-7-11/h6-7,9H,4-5H2,1-3H3. The van der Waals surface area contributed by atoms with Gasteiger partial charge in [-0.3, -0.25) is 4.57 Å². The van der Waals surface area contributed by atoms with Crippen LogP contribution >= 0.6 is 0 Å². The van der Waals surface area contributed by atoms with Crippen LogP contribution in [0.15, 0.2) is 12.5 Å². The molecule has 1 aromatic heterocycles. The van der Waals surface area contributed by atoms with Crippen LogP contribution in [0.5, 0.6) is 0 Å². The minimum Gasteiger partial charge on any atom is -0.335 e. The van der Waals surface area contributed by atoms with Gasteiger partial charge < -0.3 is 9.47 Å². The summed E-state index contributed by atoms with van der Waals surface area (Å²) in [5.41, 5.74) is 0.962. The van der Waals surface area contributed by atoms with E-state index in [0.29, 0.717) is 13.2 Å². The summed E-state index contributed by atoms with van der Waals surface area (Å²) >= 11 is 0. The molecule has 0 fully saturated rings. The van der Waals surface area contributed by atoms with Gasteiger partial charge in [0, 0.05) is 19.4 Å². The molecule has 74 valence electrons. The molecular weight excluding hydrogens is 168 g/mol. The Morgan fingerprint density at radius 3 is 2.38 bits per heavy atom. The molecule has 1 rings (SSSR count). The fourth-order valence-electron chi connectivity index (χ4n) is 1.06. The minimum atomic E-state index is -0.337. The van der Waals surface area contributed by atoms with Crippen molar-refractivity contribution in [2.45, 2.75) is 27.2 Å². The fraction of sp³-hybridized carbons (Fsp3) is 0.667. The lowest BCUT2D eigenvalue weighted by atomic mass is 10.6. The third-order valence-corrected chi connectivity index (χ3v) is 1.59. The SMILES string of the molecule is CCOC(OCC)n1cnc(C)c1. The Kier molecular flexibility index (Phi) is 3.92.